The van der Waals surface area contributed by atoms with Gasteiger partial charge in [0.25, 0.3) is 0 Å². The lowest BCUT2D eigenvalue weighted by Crippen LogP contribution is -2.07. The molecular weight excluding hydrogens is 290 g/mol. The number of halogens is 2. The van der Waals surface area contributed by atoms with Crippen LogP contribution in [-0.4, -0.2) is 28.2 Å². The van der Waals surface area contributed by atoms with Gasteiger partial charge >= 0.3 is 0 Å². The van der Waals surface area contributed by atoms with Crippen molar-refractivity contribution in [3.05, 3.63) is 15.4 Å². The molecule has 0 aliphatic carbocycles. The molecule has 1 heterocycles. The molecule has 1 rings (SSSR count). The van der Waals surface area contributed by atoms with Crippen molar-refractivity contribution in [2.45, 2.75) is 0 Å². The molecule has 2 N–H and O–H groups in total. The van der Waals surface area contributed by atoms with E-state index in [1.54, 1.807) is 6.20 Å². The van der Waals surface area contributed by atoms with Crippen LogP contribution >= 0.6 is 31.9 Å². The summed E-state index contributed by atoms with van der Waals surface area (Å²) in [6, 6.07) is 0. The minimum Gasteiger partial charge on any atom is -0.395 e. The average Bonchev–Trinajstić information content (AvgIpc) is 2.03. The Morgan fingerprint density at radius 1 is 1.50 bits per heavy atom. The van der Waals surface area contributed by atoms with Crippen LogP contribution in [0.5, 0.6) is 0 Å². The van der Waals surface area contributed by atoms with Crippen molar-refractivity contribution in [1.82, 2.24) is 9.97 Å². The second kappa shape index (κ2) is 4.74. The topological polar surface area (TPSA) is 58.0 Å². The molecule has 1 aromatic heterocycles. The highest BCUT2D eigenvalue weighted by Crippen LogP contribution is 2.18. The molecule has 0 bridgehead atoms. The summed E-state index contributed by atoms with van der Waals surface area (Å²) in [6.07, 6.45) is 1.59. The molecule has 0 aliphatic heterocycles. The molecule has 0 unspecified atom stereocenters. The first kappa shape index (κ1) is 9.88. The molecule has 0 radical (unpaired) electrons. The van der Waals surface area contributed by atoms with Crippen molar-refractivity contribution in [2.24, 2.45) is 0 Å². The summed E-state index contributed by atoms with van der Waals surface area (Å²) in [5, 5.41) is 11.4. The van der Waals surface area contributed by atoms with E-state index in [0.717, 1.165) is 0 Å². The lowest BCUT2D eigenvalue weighted by molar-refractivity contribution is 0.311. The fraction of sp³-hybridized carbons (Fsp3) is 0.333. The summed E-state index contributed by atoms with van der Waals surface area (Å²) in [5.41, 5.74) is 0. The van der Waals surface area contributed by atoms with E-state index >= 15 is 0 Å². The molecule has 0 aliphatic rings. The Hall–Kier alpha value is -0.200. The van der Waals surface area contributed by atoms with Crippen LogP contribution in [-0.2, 0) is 0 Å². The third kappa shape index (κ3) is 2.69. The molecule has 0 aromatic carbocycles. The van der Waals surface area contributed by atoms with E-state index in [2.05, 4.69) is 47.1 Å². The second-order valence-corrected chi connectivity index (χ2v) is 3.55. The average molecular weight is 297 g/mol. The molecule has 6 heteroatoms. The molecule has 0 amide bonds. The molecule has 12 heavy (non-hydrogen) atoms. The third-order valence-corrected chi connectivity index (χ3v) is 2.04. The Balaban J connectivity index is 2.72. The number of aliphatic hydroxyl groups is 1. The Morgan fingerprint density at radius 2 is 2.25 bits per heavy atom. The largest absolute Gasteiger partial charge is 0.395 e. The maximum Gasteiger partial charge on any atom is 0.159 e. The fourth-order valence-corrected chi connectivity index (χ4v) is 1.59. The SMILES string of the molecule is OCCNc1ncc(Br)nc1Br. The highest BCUT2D eigenvalue weighted by molar-refractivity contribution is 9.11. The van der Waals surface area contributed by atoms with Crippen molar-refractivity contribution in [1.29, 1.82) is 0 Å². The maximum absolute atomic E-state index is 8.54. The van der Waals surface area contributed by atoms with Crippen LogP contribution in [0.3, 0.4) is 0 Å². The number of anilines is 1. The van der Waals surface area contributed by atoms with Crippen LogP contribution in [0.2, 0.25) is 0 Å². The van der Waals surface area contributed by atoms with E-state index in [4.69, 9.17) is 5.11 Å². The van der Waals surface area contributed by atoms with Gasteiger partial charge < -0.3 is 10.4 Å². The highest BCUT2D eigenvalue weighted by atomic mass is 79.9. The smallest absolute Gasteiger partial charge is 0.159 e. The van der Waals surface area contributed by atoms with Crippen molar-refractivity contribution in [3.63, 3.8) is 0 Å². The molecule has 1 aromatic rings. The second-order valence-electron chi connectivity index (χ2n) is 1.98. The van der Waals surface area contributed by atoms with Crippen molar-refractivity contribution >= 4 is 37.7 Å². The van der Waals surface area contributed by atoms with Gasteiger partial charge in [-0.25, -0.2) is 9.97 Å². The molecule has 4 nitrogen and oxygen atoms in total. The fourth-order valence-electron chi connectivity index (χ4n) is 0.640. The summed E-state index contributed by atoms with van der Waals surface area (Å²) in [4.78, 5) is 8.09. The summed E-state index contributed by atoms with van der Waals surface area (Å²) in [7, 11) is 0. The van der Waals surface area contributed by atoms with Gasteiger partial charge in [-0.1, -0.05) is 0 Å². The van der Waals surface area contributed by atoms with E-state index in [1.165, 1.54) is 0 Å². The summed E-state index contributed by atoms with van der Waals surface area (Å²) >= 11 is 6.41. The number of aliphatic hydroxyl groups excluding tert-OH is 1. The van der Waals surface area contributed by atoms with Gasteiger partial charge in [-0.3, -0.25) is 0 Å². The lowest BCUT2D eigenvalue weighted by atomic mass is 10.6. The first-order chi connectivity index (χ1) is 5.74. The highest BCUT2D eigenvalue weighted by Gasteiger charge is 2.01. The molecule has 0 atom stereocenters. The number of aromatic nitrogens is 2. The predicted octanol–water partition coefficient (Wildman–Crippen LogP) is 1.41. The van der Waals surface area contributed by atoms with Crippen LogP contribution in [0.1, 0.15) is 0 Å². The monoisotopic (exact) mass is 295 g/mol. The van der Waals surface area contributed by atoms with Gasteiger partial charge in [-0.2, -0.15) is 0 Å². The number of rotatable bonds is 3. The van der Waals surface area contributed by atoms with Crippen LogP contribution in [0, 0.1) is 0 Å². The number of nitrogens with one attached hydrogen (secondary N) is 1. The normalized spacial score (nSPS) is 9.92. The van der Waals surface area contributed by atoms with Crippen LogP contribution in [0.15, 0.2) is 15.4 Å². The van der Waals surface area contributed by atoms with Crippen molar-refractivity contribution < 1.29 is 5.11 Å². The summed E-state index contributed by atoms with van der Waals surface area (Å²) in [5.74, 6) is 0.632. The summed E-state index contributed by atoms with van der Waals surface area (Å²) in [6.45, 7) is 0.541. The number of hydrogen-bond donors (Lipinski definition) is 2. The van der Waals surface area contributed by atoms with Gasteiger partial charge in [-0.05, 0) is 31.9 Å². The van der Waals surface area contributed by atoms with Gasteiger partial charge in [0, 0.05) is 6.54 Å². The minimum absolute atomic E-state index is 0.0736. The van der Waals surface area contributed by atoms with Gasteiger partial charge in [0.15, 0.2) is 5.82 Å². The van der Waals surface area contributed by atoms with Gasteiger partial charge in [0.2, 0.25) is 0 Å². The molecule has 0 spiro atoms. The van der Waals surface area contributed by atoms with Gasteiger partial charge in [-0.15, -0.1) is 0 Å². The first-order valence-corrected chi connectivity index (χ1v) is 4.85. The quantitative estimate of drug-likeness (QED) is 0.885. The van der Waals surface area contributed by atoms with Crippen LogP contribution in [0.25, 0.3) is 0 Å². The van der Waals surface area contributed by atoms with E-state index < -0.39 is 0 Å². The molecule has 0 fully saturated rings. The number of hydrogen-bond acceptors (Lipinski definition) is 4. The molecule has 66 valence electrons. The Labute approximate surface area is 86.7 Å². The van der Waals surface area contributed by atoms with Crippen molar-refractivity contribution in [2.75, 3.05) is 18.5 Å². The third-order valence-electron chi connectivity index (χ3n) is 1.10. The van der Waals surface area contributed by atoms with Crippen LogP contribution < -0.4 is 5.32 Å². The maximum atomic E-state index is 8.54. The van der Waals surface area contributed by atoms with E-state index in [0.29, 0.717) is 21.6 Å². The van der Waals surface area contributed by atoms with Crippen LogP contribution in [0.4, 0.5) is 5.82 Å². The first-order valence-electron chi connectivity index (χ1n) is 3.27. The van der Waals surface area contributed by atoms with Gasteiger partial charge in [0.05, 0.1) is 12.8 Å². The Morgan fingerprint density at radius 3 is 2.83 bits per heavy atom. The van der Waals surface area contributed by atoms with Gasteiger partial charge in [0.1, 0.15) is 9.21 Å². The molecular formula is C6H7Br2N3O. The van der Waals surface area contributed by atoms with Crippen molar-refractivity contribution in [3.8, 4) is 0 Å². The Bertz CT molecular complexity index is 269. The summed E-state index contributed by atoms with van der Waals surface area (Å²) < 4.78 is 1.30. The lowest BCUT2D eigenvalue weighted by Gasteiger charge is -2.04. The zero-order valence-corrected chi connectivity index (χ0v) is 9.26. The minimum atomic E-state index is 0.0736. The zero-order chi connectivity index (χ0) is 8.97. The van der Waals surface area contributed by atoms with E-state index in [1.807, 2.05) is 0 Å². The molecule has 0 saturated heterocycles. The zero-order valence-electron chi connectivity index (χ0n) is 6.09. The Kier molecular flexibility index (Phi) is 3.90. The number of nitrogens with zero attached hydrogens (tertiary/aromatic N) is 2. The van der Waals surface area contributed by atoms with E-state index in [9.17, 15) is 0 Å². The van der Waals surface area contributed by atoms with E-state index in [-0.39, 0.29) is 6.61 Å². The standard InChI is InChI=1S/C6H7Br2N3O/c7-4-3-10-6(5(8)11-4)9-1-2-12/h3,12H,1-2H2,(H,9,10). The predicted molar refractivity (Wildman–Crippen MR) is 53.0 cm³/mol. The molecule has 0 saturated carbocycles.